The molecule has 2 aromatic rings. The summed E-state index contributed by atoms with van der Waals surface area (Å²) in [6.07, 6.45) is 5.24. The number of aliphatic hydroxyl groups excluding tert-OH is 1. The van der Waals surface area contributed by atoms with E-state index >= 15 is 0 Å². The SMILES string of the molecule is CC(C)(C)c1cccc(C2(NCC(O)C(Cc3cc(F)cc(F)c3)NC(=O)C3CCCO3)CCCCC2)c1. The Hall–Kier alpha value is -2.35. The molecule has 0 spiro atoms. The monoisotopic (exact) mass is 528 g/mol. The number of carbonyl (C=O) groups is 1. The molecule has 208 valence electrons. The molecule has 1 aliphatic carbocycles. The highest BCUT2D eigenvalue weighted by Crippen LogP contribution is 2.38. The van der Waals surface area contributed by atoms with Crippen molar-refractivity contribution in [2.24, 2.45) is 0 Å². The lowest BCUT2D eigenvalue weighted by molar-refractivity contribution is -0.131. The molecule has 0 radical (unpaired) electrons. The van der Waals surface area contributed by atoms with Gasteiger partial charge in [-0.1, -0.05) is 64.3 Å². The Morgan fingerprint density at radius 3 is 2.42 bits per heavy atom. The Morgan fingerprint density at radius 2 is 1.79 bits per heavy atom. The van der Waals surface area contributed by atoms with E-state index in [4.69, 9.17) is 4.74 Å². The molecule has 3 atom stereocenters. The first-order chi connectivity index (χ1) is 18.1. The quantitative estimate of drug-likeness (QED) is 0.414. The topological polar surface area (TPSA) is 70.6 Å². The van der Waals surface area contributed by atoms with Crippen molar-refractivity contribution in [3.05, 3.63) is 70.8 Å². The summed E-state index contributed by atoms with van der Waals surface area (Å²) in [7, 11) is 0. The van der Waals surface area contributed by atoms with Gasteiger partial charge in [0.05, 0.1) is 12.1 Å². The summed E-state index contributed by atoms with van der Waals surface area (Å²) in [5, 5.41) is 18.0. The molecule has 38 heavy (non-hydrogen) atoms. The molecule has 4 rings (SSSR count). The molecule has 3 unspecified atom stereocenters. The van der Waals surface area contributed by atoms with Crippen LogP contribution in [-0.4, -0.2) is 42.4 Å². The number of hydrogen-bond donors (Lipinski definition) is 3. The summed E-state index contributed by atoms with van der Waals surface area (Å²) in [5.41, 5.74) is 2.59. The fourth-order valence-corrected chi connectivity index (χ4v) is 5.77. The summed E-state index contributed by atoms with van der Waals surface area (Å²) >= 11 is 0. The molecule has 2 fully saturated rings. The third-order valence-electron chi connectivity index (χ3n) is 8.03. The molecule has 5 nitrogen and oxygen atoms in total. The number of rotatable bonds is 9. The number of carbonyl (C=O) groups excluding carboxylic acids is 1. The van der Waals surface area contributed by atoms with E-state index in [0.29, 0.717) is 18.6 Å². The van der Waals surface area contributed by atoms with E-state index in [2.05, 4.69) is 55.7 Å². The highest BCUT2D eigenvalue weighted by atomic mass is 19.1. The predicted octanol–water partition coefficient (Wildman–Crippen LogP) is 5.28. The van der Waals surface area contributed by atoms with Crippen molar-refractivity contribution in [1.29, 1.82) is 0 Å². The molecule has 1 saturated carbocycles. The number of amides is 1. The molecule has 0 bridgehead atoms. The van der Waals surface area contributed by atoms with Crippen molar-refractivity contribution < 1.29 is 23.4 Å². The van der Waals surface area contributed by atoms with Gasteiger partial charge in [-0.25, -0.2) is 8.78 Å². The van der Waals surface area contributed by atoms with Gasteiger partial charge in [-0.2, -0.15) is 0 Å². The van der Waals surface area contributed by atoms with Crippen LogP contribution in [0.5, 0.6) is 0 Å². The molecular formula is C31H42F2N2O3. The van der Waals surface area contributed by atoms with Crippen LogP contribution in [0.3, 0.4) is 0 Å². The Morgan fingerprint density at radius 1 is 1.08 bits per heavy atom. The molecule has 3 N–H and O–H groups in total. The van der Waals surface area contributed by atoms with Crippen molar-refractivity contribution in [1.82, 2.24) is 10.6 Å². The molecule has 1 saturated heterocycles. The Balaban J connectivity index is 1.54. The van der Waals surface area contributed by atoms with Gasteiger partial charge in [0, 0.05) is 24.8 Å². The van der Waals surface area contributed by atoms with Crippen LogP contribution in [0.4, 0.5) is 8.78 Å². The van der Waals surface area contributed by atoms with Gasteiger partial charge in [-0.05, 0) is 66.3 Å². The lowest BCUT2D eigenvalue weighted by Crippen LogP contribution is -2.54. The maximum atomic E-state index is 13.9. The molecule has 2 aliphatic rings. The van der Waals surface area contributed by atoms with E-state index in [1.807, 2.05) is 0 Å². The van der Waals surface area contributed by atoms with Gasteiger partial charge in [-0.15, -0.1) is 0 Å². The van der Waals surface area contributed by atoms with E-state index in [1.54, 1.807) is 0 Å². The molecule has 1 aliphatic heterocycles. The van der Waals surface area contributed by atoms with Crippen LogP contribution in [0.2, 0.25) is 0 Å². The van der Waals surface area contributed by atoms with Gasteiger partial charge in [0.15, 0.2) is 0 Å². The number of nitrogens with one attached hydrogen (secondary N) is 2. The zero-order valence-electron chi connectivity index (χ0n) is 22.9. The fraction of sp³-hybridized carbons (Fsp3) is 0.581. The minimum atomic E-state index is -0.976. The molecule has 0 aromatic heterocycles. The van der Waals surface area contributed by atoms with Crippen LogP contribution in [0.1, 0.15) is 82.4 Å². The number of halogens is 2. The second-order valence-electron chi connectivity index (χ2n) is 12.0. The molecule has 7 heteroatoms. The second-order valence-corrected chi connectivity index (χ2v) is 12.0. The van der Waals surface area contributed by atoms with E-state index in [-0.39, 0.29) is 29.8 Å². The largest absolute Gasteiger partial charge is 0.390 e. The zero-order chi connectivity index (χ0) is 27.3. The fourth-order valence-electron chi connectivity index (χ4n) is 5.77. The van der Waals surface area contributed by atoms with Gasteiger partial charge < -0.3 is 20.5 Å². The summed E-state index contributed by atoms with van der Waals surface area (Å²) in [6, 6.07) is 11.3. The van der Waals surface area contributed by atoms with Crippen LogP contribution >= 0.6 is 0 Å². The summed E-state index contributed by atoms with van der Waals surface area (Å²) < 4.78 is 33.3. The Kier molecular flexibility index (Phi) is 9.22. The predicted molar refractivity (Wildman–Crippen MR) is 145 cm³/mol. The highest BCUT2D eigenvalue weighted by molar-refractivity contribution is 5.81. The normalized spacial score (nSPS) is 21.2. The van der Waals surface area contributed by atoms with E-state index < -0.39 is 29.9 Å². The Bertz CT molecular complexity index is 1070. The van der Waals surface area contributed by atoms with E-state index in [9.17, 15) is 18.7 Å². The van der Waals surface area contributed by atoms with E-state index in [0.717, 1.165) is 38.2 Å². The first-order valence-corrected chi connectivity index (χ1v) is 14.0. The standard InChI is InChI=1S/C31H42F2N2O3/c1-30(2,3)22-9-7-10-23(18-22)31(12-5-4-6-13-31)34-20-27(36)26(35-29(37)28-11-8-14-38-28)17-21-15-24(32)19-25(33)16-21/h7,9-10,15-16,18-19,26-28,34,36H,4-6,8,11-14,17,20H2,1-3H3,(H,35,37). The van der Waals surface area contributed by atoms with Crippen molar-refractivity contribution in [2.75, 3.05) is 13.2 Å². The maximum absolute atomic E-state index is 13.9. The smallest absolute Gasteiger partial charge is 0.249 e. The molecule has 1 amide bonds. The number of ether oxygens (including phenoxy) is 1. The summed E-state index contributed by atoms with van der Waals surface area (Å²) in [6.45, 7) is 7.36. The molecule has 2 aromatic carbocycles. The van der Waals surface area contributed by atoms with Crippen molar-refractivity contribution in [3.8, 4) is 0 Å². The molecule has 1 heterocycles. The second kappa shape index (κ2) is 12.2. The van der Waals surface area contributed by atoms with Crippen molar-refractivity contribution >= 4 is 5.91 Å². The van der Waals surface area contributed by atoms with Crippen LogP contribution in [0.15, 0.2) is 42.5 Å². The van der Waals surface area contributed by atoms with Crippen LogP contribution < -0.4 is 10.6 Å². The van der Waals surface area contributed by atoms with Crippen molar-refractivity contribution in [2.45, 2.75) is 101 Å². The van der Waals surface area contributed by atoms with Gasteiger partial charge in [-0.3, -0.25) is 4.79 Å². The number of benzene rings is 2. The first kappa shape index (κ1) is 28.7. The number of hydrogen-bond acceptors (Lipinski definition) is 4. The minimum absolute atomic E-state index is 0.0172. The third kappa shape index (κ3) is 7.19. The third-order valence-corrected chi connectivity index (χ3v) is 8.03. The van der Waals surface area contributed by atoms with Crippen molar-refractivity contribution in [3.63, 3.8) is 0 Å². The molecular weight excluding hydrogens is 486 g/mol. The number of aliphatic hydroxyl groups is 1. The lowest BCUT2D eigenvalue weighted by atomic mass is 9.74. The van der Waals surface area contributed by atoms with Crippen LogP contribution in [-0.2, 0) is 26.9 Å². The van der Waals surface area contributed by atoms with Gasteiger partial charge in [0.25, 0.3) is 0 Å². The first-order valence-electron chi connectivity index (χ1n) is 14.0. The lowest BCUT2D eigenvalue weighted by Gasteiger charge is -2.41. The van der Waals surface area contributed by atoms with Gasteiger partial charge in [0.1, 0.15) is 17.7 Å². The van der Waals surface area contributed by atoms with Crippen LogP contribution in [0, 0.1) is 11.6 Å². The zero-order valence-corrected chi connectivity index (χ0v) is 22.9. The van der Waals surface area contributed by atoms with Gasteiger partial charge in [0.2, 0.25) is 5.91 Å². The van der Waals surface area contributed by atoms with Crippen LogP contribution in [0.25, 0.3) is 0 Å². The Labute approximate surface area is 225 Å². The minimum Gasteiger partial charge on any atom is -0.390 e. The van der Waals surface area contributed by atoms with Gasteiger partial charge >= 0.3 is 0 Å². The summed E-state index contributed by atoms with van der Waals surface area (Å²) in [5.74, 6) is -1.66. The average Bonchev–Trinajstić information content (AvgIpc) is 3.42. The summed E-state index contributed by atoms with van der Waals surface area (Å²) in [4.78, 5) is 12.9. The average molecular weight is 529 g/mol. The maximum Gasteiger partial charge on any atom is 0.249 e. The van der Waals surface area contributed by atoms with E-state index in [1.165, 1.54) is 29.7 Å². The highest BCUT2D eigenvalue weighted by Gasteiger charge is 2.36.